The van der Waals surface area contributed by atoms with Crippen LogP contribution in [0.4, 0.5) is 4.39 Å². The lowest BCUT2D eigenvalue weighted by atomic mass is 10.1. The van der Waals surface area contributed by atoms with E-state index in [-0.39, 0.29) is 35.7 Å². The minimum Gasteiger partial charge on any atom is -0.357 e. The average molecular weight is 357 g/mol. The predicted octanol–water partition coefficient (Wildman–Crippen LogP) is 1.64. The molecule has 5 nitrogen and oxygen atoms in total. The summed E-state index contributed by atoms with van der Waals surface area (Å²) in [6.07, 6.45) is 1.13. The summed E-state index contributed by atoms with van der Waals surface area (Å²) in [5, 5.41) is 2.49. The van der Waals surface area contributed by atoms with Crippen molar-refractivity contribution in [1.82, 2.24) is 10.2 Å². The van der Waals surface area contributed by atoms with E-state index in [1.165, 1.54) is 24.1 Å². The molecule has 0 bridgehead atoms. The number of nitrogens with one attached hydrogen (secondary N) is 1. The third kappa shape index (κ3) is 2.97. The summed E-state index contributed by atoms with van der Waals surface area (Å²) >= 11 is 3.05. The molecule has 1 aliphatic rings. The first-order chi connectivity index (χ1) is 9.99. The van der Waals surface area contributed by atoms with Gasteiger partial charge in [-0.1, -0.05) is 0 Å². The van der Waals surface area contributed by atoms with E-state index in [1.54, 1.807) is 0 Å². The second-order valence-corrected chi connectivity index (χ2v) is 5.58. The zero-order valence-electron chi connectivity index (χ0n) is 11.4. The largest absolute Gasteiger partial charge is 0.357 e. The second kappa shape index (κ2) is 6.34. The Morgan fingerprint density at radius 2 is 2.29 bits per heavy atom. The van der Waals surface area contributed by atoms with E-state index in [1.807, 2.05) is 0 Å². The molecule has 0 saturated heterocycles. The van der Waals surface area contributed by atoms with E-state index in [0.29, 0.717) is 17.4 Å². The Morgan fingerprint density at radius 1 is 1.57 bits per heavy atom. The lowest BCUT2D eigenvalue weighted by Crippen LogP contribution is -2.46. The fourth-order valence-corrected chi connectivity index (χ4v) is 2.74. The molecule has 1 atom stereocenters. The Bertz CT molecular complexity index is 606. The van der Waals surface area contributed by atoms with E-state index in [9.17, 15) is 18.8 Å². The topological polar surface area (TPSA) is 66.5 Å². The first-order valence-electron chi connectivity index (χ1n) is 6.43. The number of hydrogen-bond donors (Lipinski definition) is 1. The van der Waals surface area contributed by atoms with Crippen molar-refractivity contribution in [1.29, 1.82) is 0 Å². The van der Waals surface area contributed by atoms with Crippen LogP contribution in [0.3, 0.4) is 0 Å². The Kier molecular flexibility index (Phi) is 4.72. The molecule has 1 unspecified atom stereocenters. The van der Waals surface area contributed by atoms with Gasteiger partial charge in [-0.2, -0.15) is 0 Å². The molecule has 1 aromatic rings. The van der Waals surface area contributed by atoms with E-state index in [4.69, 9.17) is 0 Å². The zero-order valence-corrected chi connectivity index (χ0v) is 12.9. The number of carbonyl (C=O) groups excluding carboxylic acids is 3. The zero-order chi connectivity index (χ0) is 15.6. The van der Waals surface area contributed by atoms with Gasteiger partial charge in [-0.25, -0.2) is 4.39 Å². The monoisotopic (exact) mass is 356 g/mol. The van der Waals surface area contributed by atoms with Crippen molar-refractivity contribution < 1.29 is 18.8 Å². The molecule has 7 heteroatoms. The van der Waals surface area contributed by atoms with Gasteiger partial charge in [-0.3, -0.25) is 9.59 Å². The van der Waals surface area contributed by atoms with Gasteiger partial charge in [0.15, 0.2) is 0 Å². The smallest absolute Gasteiger partial charge is 0.255 e. The van der Waals surface area contributed by atoms with E-state index in [2.05, 4.69) is 21.2 Å². The highest BCUT2D eigenvalue weighted by molar-refractivity contribution is 9.10. The van der Waals surface area contributed by atoms with Gasteiger partial charge in [0.25, 0.3) is 5.91 Å². The normalized spacial score (nSPS) is 14.8. The lowest BCUT2D eigenvalue weighted by Gasteiger charge is -2.25. The average Bonchev–Trinajstić information content (AvgIpc) is 2.77. The number of fused-ring (bicyclic) bond motifs is 1. The SMILES string of the molecule is CNC(=O)C(CCC=O)N1Cc2cc(F)c(Br)cc2C1=O. The molecule has 0 radical (unpaired) electrons. The van der Waals surface area contributed by atoms with E-state index in [0.717, 1.165) is 0 Å². The van der Waals surface area contributed by atoms with Crippen LogP contribution in [-0.4, -0.2) is 36.1 Å². The molecule has 0 spiro atoms. The Labute approximate surface area is 129 Å². The number of amides is 2. The van der Waals surface area contributed by atoms with Crippen LogP contribution in [0.5, 0.6) is 0 Å². The number of carbonyl (C=O) groups is 3. The van der Waals surface area contributed by atoms with Crippen molar-refractivity contribution in [2.45, 2.75) is 25.4 Å². The maximum atomic E-state index is 13.6. The number of nitrogens with zero attached hydrogens (tertiary/aromatic N) is 1. The second-order valence-electron chi connectivity index (χ2n) is 4.73. The van der Waals surface area contributed by atoms with Crippen LogP contribution in [0.2, 0.25) is 0 Å². The molecule has 0 fully saturated rings. The Hall–Kier alpha value is -1.76. The summed E-state index contributed by atoms with van der Waals surface area (Å²) < 4.78 is 13.8. The Balaban J connectivity index is 2.31. The number of benzene rings is 1. The third-order valence-electron chi connectivity index (χ3n) is 3.46. The van der Waals surface area contributed by atoms with Gasteiger partial charge >= 0.3 is 0 Å². The molecular weight excluding hydrogens is 343 g/mol. The molecule has 1 aliphatic heterocycles. The highest BCUT2D eigenvalue weighted by Crippen LogP contribution is 2.30. The summed E-state index contributed by atoms with van der Waals surface area (Å²) in [5.74, 6) is -1.12. The number of rotatable bonds is 5. The van der Waals surface area contributed by atoms with Gasteiger partial charge < -0.3 is 15.0 Å². The van der Waals surface area contributed by atoms with Crippen molar-refractivity contribution in [3.05, 3.63) is 33.5 Å². The molecule has 1 N–H and O–H groups in total. The number of likely N-dealkylation sites (N-methyl/N-ethyl adjacent to an activating group) is 1. The highest BCUT2D eigenvalue weighted by Gasteiger charge is 2.36. The fraction of sp³-hybridized carbons (Fsp3) is 0.357. The summed E-state index contributed by atoms with van der Waals surface area (Å²) in [6.45, 7) is 0.162. The molecule has 1 heterocycles. The van der Waals surface area contributed by atoms with Crippen molar-refractivity contribution in [3.8, 4) is 0 Å². The predicted molar refractivity (Wildman–Crippen MR) is 77.1 cm³/mol. The van der Waals surface area contributed by atoms with Crippen molar-refractivity contribution >= 4 is 34.0 Å². The summed E-state index contributed by atoms with van der Waals surface area (Å²) in [6, 6.07) is 1.98. The van der Waals surface area contributed by atoms with Crippen LogP contribution < -0.4 is 5.32 Å². The Morgan fingerprint density at radius 3 is 2.90 bits per heavy atom. The van der Waals surface area contributed by atoms with E-state index >= 15 is 0 Å². The molecular formula is C14H14BrFN2O3. The summed E-state index contributed by atoms with van der Waals surface area (Å²) in [7, 11) is 1.47. The van der Waals surface area contributed by atoms with Crippen LogP contribution in [0.25, 0.3) is 0 Å². The van der Waals surface area contributed by atoms with Crippen LogP contribution in [0.1, 0.15) is 28.8 Å². The van der Waals surface area contributed by atoms with Crippen molar-refractivity contribution in [3.63, 3.8) is 0 Å². The molecule has 2 amide bonds. The van der Waals surface area contributed by atoms with Crippen molar-refractivity contribution in [2.75, 3.05) is 7.05 Å². The molecule has 0 aromatic heterocycles. The van der Waals surface area contributed by atoms with Gasteiger partial charge in [0.2, 0.25) is 5.91 Å². The van der Waals surface area contributed by atoms with Gasteiger partial charge in [-0.15, -0.1) is 0 Å². The van der Waals surface area contributed by atoms with Crippen LogP contribution in [0.15, 0.2) is 16.6 Å². The van der Waals surface area contributed by atoms with Crippen LogP contribution in [0, 0.1) is 5.82 Å². The van der Waals surface area contributed by atoms with Gasteiger partial charge in [0, 0.05) is 25.6 Å². The quantitative estimate of drug-likeness (QED) is 0.815. The number of halogens is 2. The maximum Gasteiger partial charge on any atom is 0.255 e. The maximum absolute atomic E-state index is 13.6. The first kappa shape index (κ1) is 15.6. The molecule has 112 valence electrons. The molecule has 2 rings (SSSR count). The van der Waals surface area contributed by atoms with E-state index < -0.39 is 11.9 Å². The van der Waals surface area contributed by atoms with Gasteiger partial charge in [0.05, 0.1) is 4.47 Å². The van der Waals surface area contributed by atoms with Crippen LogP contribution in [-0.2, 0) is 16.1 Å². The minimum atomic E-state index is -0.734. The highest BCUT2D eigenvalue weighted by atomic mass is 79.9. The van der Waals surface area contributed by atoms with Crippen molar-refractivity contribution in [2.24, 2.45) is 0 Å². The number of hydrogen-bond acceptors (Lipinski definition) is 3. The van der Waals surface area contributed by atoms with Gasteiger partial charge in [-0.05, 0) is 40.0 Å². The van der Waals surface area contributed by atoms with Crippen LogP contribution >= 0.6 is 15.9 Å². The standard InChI is InChI=1S/C14H14BrFN2O3/c1-17-13(20)12(3-2-4-19)18-7-8-5-11(16)10(15)6-9(8)14(18)21/h4-6,12H,2-3,7H2,1H3,(H,17,20). The summed E-state index contributed by atoms with van der Waals surface area (Å²) in [5.41, 5.74) is 0.920. The lowest BCUT2D eigenvalue weighted by molar-refractivity contribution is -0.125. The first-order valence-corrected chi connectivity index (χ1v) is 7.23. The summed E-state index contributed by atoms with van der Waals surface area (Å²) in [4.78, 5) is 36.2. The number of aldehydes is 1. The minimum absolute atomic E-state index is 0.162. The molecule has 1 aromatic carbocycles. The van der Waals surface area contributed by atoms with Gasteiger partial charge in [0.1, 0.15) is 18.1 Å². The molecule has 0 saturated carbocycles. The molecule has 0 aliphatic carbocycles. The fourth-order valence-electron chi connectivity index (χ4n) is 2.40. The third-order valence-corrected chi connectivity index (χ3v) is 4.07. The molecule has 21 heavy (non-hydrogen) atoms.